The number of likely N-dealkylation sites (tertiary alicyclic amines) is 1. The zero-order valence-corrected chi connectivity index (χ0v) is 11.1. The topological polar surface area (TPSA) is 45.1 Å². The number of piperidine rings is 1. The van der Waals surface area contributed by atoms with Crippen molar-refractivity contribution >= 4 is 5.82 Å². The molecular formula is C13H23N5. The maximum atomic E-state index is 4.33. The molecule has 2 atom stereocenters. The Labute approximate surface area is 109 Å². The van der Waals surface area contributed by atoms with Crippen molar-refractivity contribution in [2.45, 2.75) is 25.4 Å². The second-order valence-corrected chi connectivity index (χ2v) is 5.66. The Kier molecular flexibility index (Phi) is 3.52. The van der Waals surface area contributed by atoms with E-state index in [0.717, 1.165) is 25.5 Å². The van der Waals surface area contributed by atoms with E-state index in [1.165, 1.54) is 25.9 Å². The fourth-order valence-corrected chi connectivity index (χ4v) is 2.99. The van der Waals surface area contributed by atoms with Gasteiger partial charge in [-0.15, -0.1) is 0 Å². The number of rotatable bonds is 3. The molecule has 0 radical (unpaired) electrons. The molecule has 5 heteroatoms. The average Bonchev–Trinajstić information content (AvgIpc) is 2.84. The third kappa shape index (κ3) is 2.67. The molecule has 0 aliphatic carbocycles. The predicted octanol–water partition coefficient (Wildman–Crippen LogP) is 0.609. The molecule has 0 bridgehead atoms. The molecule has 1 fully saturated rings. The lowest BCUT2D eigenvalue weighted by Gasteiger charge is -2.32. The van der Waals surface area contributed by atoms with Gasteiger partial charge in [0.1, 0.15) is 5.82 Å². The van der Waals surface area contributed by atoms with Gasteiger partial charge < -0.3 is 15.5 Å². The highest BCUT2D eigenvalue weighted by Gasteiger charge is 2.21. The summed E-state index contributed by atoms with van der Waals surface area (Å²) in [6.07, 6.45) is 4.51. The van der Waals surface area contributed by atoms with E-state index in [0.29, 0.717) is 12.0 Å². The first-order valence-corrected chi connectivity index (χ1v) is 6.99. The summed E-state index contributed by atoms with van der Waals surface area (Å²) in [7, 11) is 2.21. The third-order valence-corrected chi connectivity index (χ3v) is 4.04. The highest BCUT2D eigenvalue weighted by molar-refractivity contribution is 5.35. The molecule has 1 saturated heterocycles. The number of anilines is 1. The summed E-state index contributed by atoms with van der Waals surface area (Å²) in [5.41, 5.74) is 0. The SMILES string of the molecule is CN1CCC[C@H](NC[C@H]2CNc3ccnn3C2)C1. The molecule has 0 saturated carbocycles. The molecule has 0 amide bonds. The lowest BCUT2D eigenvalue weighted by Crippen LogP contribution is -2.47. The number of nitrogens with one attached hydrogen (secondary N) is 2. The Hall–Kier alpha value is -1.07. The summed E-state index contributed by atoms with van der Waals surface area (Å²) in [6.45, 7) is 5.62. The Balaban J connectivity index is 1.47. The summed E-state index contributed by atoms with van der Waals surface area (Å²) >= 11 is 0. The van der Waals surface area contributed by atoms with Crippen LogP contribution in [-0.4, -0.2) is 53.9 Å². The summed E-state index contributed by atoms with van der Waals surface area (Å²) in [4.78, 5) is 2.42. The van der Waals surface area contributed by atoms with Crippen molar-refractivity contribution in [2.75, 3.05) is 38.5 Å². The molecular weight excluding hydrogens is 226 g/mol. The van der Waals surface area contributed by atoms with E-state index in [-0.39, 0.29) is 0 Å². The number of fused-ring (bicyclic) bond motifs is 1. The average molecular weight is 249 g/mol. The molecule has 100 valence electrons. The van der Waals surface area contributed by atoms with Crippen LogP contribution < -0.4 is 10.6 Å². The van der Waals surface area contributed by atoms with Gasteiger partial charge in [-0.05, 0) is 26.4 Å². The second-order valence-electron chi connectivity index (χ2n) is 5.66. The number of nitrogens with zero attached hydrogens (tertiary/aromatic N) is 3. The van der Waals surface area contributed by atoms with Gasteiger partial charge in [-0.3, -0.25) is 0 Å². The van der Waals surface area contributed by atoms with Crippen LogP contribution in [-0.2, 0) is 6.54 Å². The molecule has 5 nitrogen and oxygen atoms in total. The van der Waals surface area contributed by atoms with E-state index in [4.69, 9.17) is 0 Å². The van der Waals surface area contributed by atoms with Gasteiger partial charge in [-0.2, -0.15) is 5.10 Å². The van der Waals surface area contributed by atoms with Crippen molar-refractivity contribution in [2.24, 2.45) is 5.92 Å². The van der Waals surface area contributed by atoms with Gasteiger partial charge >= 0.3 is 0 Å². The number of aromatic nitrogens is 2. The van der Waals surface area contributed by atoms with Gasteiger partial charge in [0.25, 0.3) is 0 Å². The van der Waals surface area contributed by atoms with Gasteiger partial charge in [-0.25, -0.2) is 4.68 Å². The highest BCUT2D eigenvalue weighted by atomic mass is 15.3. The maximum Gasteiger partial charge on any atom is 0.124 e. The molecule has 18 heavy (non-hydrogen) atoms. The summed E-state index contributed by atoms with van der Waals surface area (Å²) in [5, 5.41) is 11.5. The summed E-state index contributed by atoms with van der Waals surface area (Å²) in [6, 6.07) is 2.71. The summed E-state index contributed by atoms with van der Waals surface area (Å²) in [5.74, 6) is 1.80. The van der Waals surface area contributed by atoms with Crippen LogP contribution in [0.5, 0.6) is 0 Å². The van der Waals surface area contributed by atoms with Crippen molar-refractivity contribution in [3.8, 4) is 0 Å². The lowest BCUT2D eigenvalue weighted by molar-refractivity contribution is 0.219. The second kappa shape index (κ2) is 5.28. The van der Waals surface area contributed by atoms with E-state index in [1.54, 1.807) is 0 Å². The molecule has 0 aromatic carbocycles. The van der Waals surface area contributed by atoms with Crippen LogP contribution in [0.25, 0.3) is 0 Å². The first kappa shape index (κ1) is 12.0. The molecule has 3 heterocycles. The molecule has 3 rings (SSSR count). The zero-order chi connectivity index (χ0) is 12.4. The zero-order valence-electron chi connectivity index (χ0n) is 11.1. The minimum atomic E-state index is 0.643. The molecule has 2 aliphatic heterocycles. The largest absolute Gasteiger partial charge is 0.370 e. The molecule has 2 aliphatic rings. The molecule has 1 aromatic heterocycles. The smallest absolute Gasteiger partial charge is 0.124 e. The van der Waals surface area contributed by atoms with Gasteiger partial charge in [0.2, 0.25) is 0 Å². The molecule has 0 spiro atoms. The van der Waals surface area contributed by atoms with Crippen LogP contribution in [0.15, 0.2) is 12.3 Å². The van der Waals surface area contributed by atoms with Crippen molar-refractivity contribution in [3.63, 3.8) is 0 Å². The van der Waals surface area contributed by atoms with E-state index >= 15 is 0 Å². The Morgan fingerprint density at radius 2 is 2.44 bits per heavy atom. The van der Waals surface area contributed by atoms with Gasteiger partial charge in [0.15, 0.2) is 0 Å². The van der Waals surface area contributed by atoms with Crippen molar-refractivity contribution in [3.05, 3.63) is 12.3 Å². The van der Waals surface area contributed by atoms with Crippen molar-refractivity contribution < 1.29 is 0 Å². The quantitative estimate of drug-likeness (QED) is 0.824. The van der Waals surface area contributed by atoms with Crippen LogP contribution in [0.1, 0.15) is 12.8 Å². The van der Waals surface area contributed by atoms with Crippen molar-refractivity contribution in [1.29, 1.82) is 0 Å². The maximum absolute atomic E-state index is 4.33. The fourth-order valence-electron chi connectivity index (χ4n) is 2.99. The third-order valence-electron chi connectivity index (χ3n) is 4.04. The van der Waals surface area contributed by atoms with E-state index in [2.05, 4.69) is 32.4 Å². The standard InChI is InChI=1S/C13H23N5/c1-17-6-2-3-12(10-17)14-7-11-8-15-13-4-5-16-18(13)9-11/h4-5,11-12,14-15H,2-3,6-10H2,1H3/t11-,12-/m0/s1. The highest BCUT2D eigenvalue weighted by Crippen LogP contribution is 2.16. The van der Waals surface area contributed by atoms with Gasteiger partial charge in [-0.1, -0.05) is 0 Å². The minimum absolute atomic E-state index is 0.643. The normalized spacial score (nSPS) is 28.7. The molecule has 0 unspecified atom stereocenters. The van der Waals surface area contributed by atoms with Gasteiger partial charge in [0, 0.05) is 44.2 Å². The Bertz CT molecular complexity index is 388. The Morgan fingerprint density at radius 3 is 3.33 bits per heavy atom. The monoisotopic (exact) mass is 249 g/mol. The van der Waals surface area contributed by atoms with E-state index < -0.39 is 0 Å². The number of hydrogen-bond donors (Lipinski definition) is 2. The number of hydrogen-bond acceptors (Lipinski definition) is 4. The van der Waals surface area contributed by atoms with Crippen LogP contribution in [0, 0.1) is 5.92 Å². The summed E-state index contributed by atoms with van der Waals surface area (Å²) < 4.78 is 2.07. The van der Waals surface area contributed by atoms with E-state index in [1.807, 2.05) is 12.3 Å². The minimum Gasteiger partial charge on any atom is -0.370 e. The fraction of sp³-hybridized carbons (Fsp3) is 0.769. The first-order chi connectivity index (χ1) is 8.81. The molecule has 1 aromatic rings. The predicted molar refractivity (Wildman–Crippen MR) is 72.7 cm³/mol. The lowest BCUT2D eigenvalue weighted by atomic mass is 10.0. The van der Waals surface area contributed by atoms with Crippen LogP contribution in [0.3, 0.4) is 0 Å². The van der Waals surface area contributed by atoms with Crippen molar-refractivity contribution in [1.82, 2.24) is 20.0 Å². The van der Waals surface area contributed by atoms with Crippen LogP contribution in [0.2, 0.25) is 0 Å². The number of likely N-dealkylation sites (N-methyl/N-ethyl adjacent to an activating group) is 1. The first-order valence-electron chi connectivity index (χ1n) is 6.99. The molecule has 2 N–H and O–H groups in total. The van der Waals surface area contributed by atoms with Crippen LogP contribution >= 0.6 is 0 Å². The van der Waals surface area contributed by atoms with E-state index in [9.17, 15) is 0 Å². The van der Waals surface area contributed by atoms with Gasteiger partial charge in [0.05, 0.1) is 6.20 Å². The van der Waals surface area contributed by atoms with Crippen LogP contribution in [0.4, 0.5) is 5.82 Å². The Morgan fingerprint density at radius 1 is 1.50 bits per heavy atom.